The Labute approximate surface area is 130 Å². The number of nitrogens with zero attached hydrogens (tertiary/aromatic N) is 1. The zero-order chi connectivity index (χ0) is 14.7. The molecule has 1 aromatic carbocycles. The zero-order valence-electron chi connectivity index (χ0n) is 10.9. The number of amides is 1. The zero-order valence-corrected chi connectivity index (χ0v) is 12.5. The van der Waals surface area contributed by atoms with E-state index in [1.165, 1.54) is 6.08 Å². The van der Waals surface area contributed by atoms with Crippen LogP contribution in [-0.2, 0) is 4.79 Å². The molecular weight excluding hydrogens is 304 g/mol. The summed E-state index contributed by atoms with van der Waals surface area (Å²) in [5.41, 5.74) is 0. The number of hydrogen-bond donors (Lipinski definition) is 1. The Morgan fingerprint density at radius 3 is 2.76 bits per heavy atom. The van der Waals surface area contributed by atoms with E-state index in [9.17, 15) is 4.79 Å². The Kier molecular flexibility index (Phi) is 3.99. The van der Waals surface area contributed by atoms with E-state index in [0.29, 0.717) is 10.8 Å². The molecule has 5 heteroatoms. The van der Waals surface area contributed by atoms with Crippen molar-refractivity contribution in [1.82, 2.24) is 4.98 Å². The molecule has 1 amide bonds. The molecule has 0 radical (unpaired) electrons. The molecule has 3 aromatic rings. The van der Waals surface area contributed by atoms with Crippen LogP contribution in [0.1, 0.15) is 4.88 Å². The average Bonchev–Trinajstić information content (AvgIpc) is 2.83. The maximum Gasteiger partial charge on any atom is 0.249 e. The van der Waals surface area contributed by atoms with Crippen molar-refractivity contribution in [2.75, 3.05) is 5.32 Å². The largest absolute Gasteiger partial charge is 0.307 e. The SMILES string of the molecule is O=C(C=Cc1sc2ccccc2c1Cl)Nc1ccccn1. The first-order valence-corrected chi connectivity index (χ1v) is 7.50. The first-order chi connectivity index (χ1) is 10.2. The van der Waals surface area contributed by atoms with E-state index in [1.54, 1.807) is 35.7 Å². The van der Waals surface area contributed by atoms with Gasteiger partial charge in [0.15, 0.2) is 0 Å². The van der Waals surface area contributed by atoms with Gasteiger partial charge in [0, 0.05) is 27.2 Å². The van der Waals surface area contributed by atoms with Crippen LogP contribution in [0.25, 0.3) is 16.2 Å². The van der Waals surface area contributed by atoms with E-state index in [0.717, 1.165) is 15.0 Å². The van der Waals surface area contributed by atoms with Gasteiger partial charge in [-0.05, 0) is 24.3 Å². The number of rotatable bonds is 3. The highest BCUT2D eigenvalue weighted by Crippen LogP contribution is 2.35. The molecule has 0 fully saturated rings. The number of hydrogen-bond acceptors (Lipinski definition) is 3. The summed E-state index contributed by atoms with van der Waals surface area (Å²) >= 11 is 7.87. The number of carbonyl (C=O) groups excluding carboxylic acids is 1. The van der Waals surface area contributed by atoms with Crippen molar-refractivity contribution in [2.45, 2.75) is 0 Å². The van der Waals surface area contributed by atoms with Crippen molar-refractivity contribution in [2.24, 2.45) is 0 Å². The molecule has 2 aromatic heterocycles. The number of halogens is 1. The summed E-state index contributed by atoms with van der Waals surface area (Å²) in [7, 11) is 0. The molecule has 0 spiro atoms. The molecule has 104 valence electrons. The number of aromatic nitrogens is 1. The van der Waals surface area contributed by atoms with Gasteiger partial charge in [-0.3, -0.25) is 4.79 Å². The number of thiophene rings is 1. The van der Waals surface area contributed by atoms with Crippen molar-refractivity contribution in [3.05, 3.63) is 64.6 Å². The van der Waals surface area contributed by atoms with Gasteiger partial charge in [-0.25, -0.2) is 4.98 Å². The predicted molar refractivity (Wildman–Crippen MR) is 88.7 cm³/mol. The summed E-state index contributed by atoms with van der Waals surface area (Å²) in [6, 6.07) is 13.2. The average molecular weight is 315 g/mol. The van der Waals surface area contributed by atoms with Crippen molar-refractivity contribution in [1.29, 1.82) is 0 Å². The summed E-state index contributed by atoms with van der Waals surface area (Å²) in [5.74, 6) is 0.289. The molecule has 0 unspecified atom stereocenters. The molecule has 2 heterocycles. The Bertz CT molecular complexity index is 812. The lowest BCUT2D eigenvalue weighted by molar-refractivity contribution is -0.111. The quantitative estimate of drug-likeness (QED) is 0.718. The van der Waals surface area contributed by atoms with Crippen LogP contribution in [0, 0.1) is 0 Å². The van der Waals surface area contributed by atoms with E-state index in [4.69, 9.17) is 11.6 Å². The molecule has 0 aliphatic rings. The standard InChI is InChI=1S/C16H11ClN2OS/c17-16-11-5-1-2-6-12(11)21-13(16)8-9-15(20)19-14-7-3-4-10-18-14/h1-10H,(H,18,19,20). The second kappa shape index (κ2) is 6.08. The maximum atomic E-state index is 11.8. The number of nitrogens with one attached hydrogen (secondary N) is 1. The Morgan fingerprint density at radius 1 is 1.19 bits per heavy atom. The van der Waals surface area contributed by atoms with Crippen molar-refractivity contribution >= 4 is 50.8 Å². The van der Waals surface area contributed by atoms with Crippen LogP contribution in [0.2, 0.25) is 5.02 Å². The number of carbonyl (C=O) groups is 1. The molecular formula is C16H11ClN2OS. The van der Waals surface area contributed by atoms with Crippen molar-refractivity contribution < 1.29 is 4.79 Å². The summed E-state index contributed by atoms with van der Waals surface area (Å²) in [6.07, 6.45) is 4.82. The van der Waals surface area contributed by atoms with Crippen LogP contribution in [0.3, 0.4) is 0 Å². The van der Waals surface area contributed by atoms with Crippen LogP contribution >= 0.6 is 22.9 Å². The van der Waals surface area contributed by atoms with E-state index in [1.807, 2.05) is 30.3 Å². The fourth-order valence-corrected chi connectivity index (χ4v) is 3.29. The summed E-state index contributed by atoms with van der Waals surface area (Å²) < 4.78 is 1.10. The third kappa shape index (κ3) is 3.12. The van der Waals surface area contributed by atoms with E-state index in [-0.39, 0.29) is 5.91 Å². The molecule has 3 rings (SSSR count). The molecule has 0 saturated heterocycles. The lowest BCUT2D eigenvalue weighted by atomic mass is 10.2. The fourth-order valence-electron chi connectivity index (χ4n) is 1.90. The first kappa shape index (κ1) is 13.8. The normalized spacial score (nSPS) is 11.1. The summed E-state index contributed by atoms with van der Waals surface area (Å²) in [5, 5.41) is 4.38. The molecule has 0 bridgehead atoms. The van der Waals surface area contributed by atoms with Gasteiger partial charge in [-0.15, -0.1) is 11.3 Å². The van der Waals surface area contributed by atoms with Gasteiger partial charge in [0.25, 0.3) is 0 Å². The molecule has 0 saturated carbocycles. The second-order valence-electron chi connectivity index (χ2n) is 4.31. The van der Waals surface area contributed by atoms with Gasteiger partial charge in [-0.2, -0.15) is 0 Å². The number of anilines is 1. The van der Waals surface area contributed by atoms with Gasteiger partial charge >= 0.3 is 0 Å². The topological polar surface area (TPSA) is 42.0 Å². The van der Waals surface area contributed by atoms with Crippen molar-refractivity contribution in [3.8, 4) is 0 Å². The monoisotopic (exact) mass is 314 g/mol. The van der Waals surface area contributed by atoms with Crippen LogP contribution in [0.4, 0.5) is 5.82 Å². The van der Waals surface area contributed by atoms with Gasteiger partial charge in [0.2, 0.25) is 5.91 Å². The molecule has 3 nitrogen and oxygen atoms in total. The number of fused-ring (bicyclic) bond motifs is 1. The van der Waals surface area contributed by atoms with Crippen LogP contribution in [-0.4, -0.2) is 10.9 Å². The predicted octanol–water partition coefficient (Wildman–Crippen LogP) is 4.60. The fraction of sp³-hybridized carbons (Fsp3) is 0. The van der Waals surface area contributed by atoms with E-state index >= 15 is 0 Å². The van der Waals surface area contributed by atoms with E-state index in [2.05, 4.69) is 10.3 Å². The Hall–Kier alpha value is -2.17. The van der Waals surface area contributed by atoms with Gasteiger partial charge in [0.1, 0.15) is 5.82 Å². The first-order valence-electron chi connectivity index (χ1n) is 6.31. The minimum Gasteiger partial charge on any atom is -0.307 e. The minimum absolute atomic E-state index is 0.234. The molecule has 0 aliphatic carbocycles. The third-order valence-corrected chi connectivity index (χ3v) is 4.52. The Balaban J connectivity index is 1.78. The molecule has 0 atom stereocenters. The maximum absolute atomic E-state index is 11.8. The lowest BCUT2D eigenvalue weighted by Gasteiger charge is -1.98. The minimum atomic E-state index is -0.234. The second-order valence-corrected chi connectivity index (χ2v) is 5.78. The van der Waals surface area contributed by atoms with Crippen LogP contribution < -0.4 is 5.32 Å². The van der Waals surface area contributed by atoms with E-state index < -0.39 is 0 Å². The molecule has 0 aliphatic heterocycles. The summed E-state index contributed by atoms with van der Waals surface area (Å²) in [6.45, 7) is 0. The molecule has 21 heavy (non-hydrogen) atoms. The Morgan fingerprint density at radius 2 is 2.00 bits per heavy atom. The van der Waals surface area contributed by atoms with Crippen LogP contribution in [0.5, 0.6) is 0 Å². The van der Waals surface area contributed by atoms with Gasteiger partial charge in [0.05, 0.1) is 5.02 Å². The lowest BCUT2D eigenvalue weighted by Crippen LogP contribution is -2.08. The third-order valence-electron chi connectivity index (χ3n) is 2.86. The highest BCUT2D eigenvalue weighted by molar-refractivity contribution is 7.20. The van der Waals surface area contributed by atoms with Gasteiger partial charge in [-0.1, -0.05) is 35.9 Å². The molecule has 1 N–H and O–H groups in total. The smallest absolute Gasteiger partial charge is 0.249 e. The highest BCUT2D eigenvalue weighted by atomic mass is 35.5. The highest BCUT2D eigenvalue weighted by Gasteiger charge is 2.07. The van der Waals surface area contributed by atoms with Crippen LogP contribution in [0.15, 0.2) is 54.7 Å². The number of pyridine rings is 1. The number of benzene rings is 1. The van der Waals surface area contributed by atoms with Crippen molar-refractivity contribution in [3.63, 3.8) is 0 Å². The van der Waals surface area contributed by atoms with Gasteiger partial charge < -0.3 is 5.32 Å². The summed E-state index contributed by atoms with van der Waals surface area (Å²) in [4.78, 5) is 16.7.